The van der Waals surface area contributed by atoms with Gasteiger partial charge >= 0.3 is 0 Å². The lowest BCUT2D eigenvalue weighted by atomic mass is 9.89. The fraction of sp³-hybridized carbons (Fsp3) is 1.00. The number of hydrogen-bond acceptors (Lipinski definition) is 2. The first-order valence-corrected chi connectivity index (χ1v) is 8.34. The van der Waals surface area contributed by atoms with Crippen LogP contribution in [0.3, 0.4) is 0 Å². The van der Waals surface area contributed by atoms with Crippen LogP contribution in [0.1, 0.15) is 67.2 Å². The fourth-order valence-electron chi connectivity index (χ4n) is 3.01. The van der Waals surface area contributed by atoms with Crippen LogP contribution in [-0.2, 0) is 0 Å². The minimum atomic E-state index is 0.450. The Balaban J connectivity index is 2.59. The Kier molecular flexibility index (Phi) is 6.82. The van der Waals surface area contributed by atoms with Gasteiger partial charge in [-0.3, -0.25) is 4.90 Å². The molecule has 0 aromatic rings. The van der Waals surface area contributed by atoms with Crippen molar-refractivity contribution in [1.29, 1.82) is 0 Å². The van der Waals surface area contributed by atoms with Crippen LogP contribution in [-0.4, -0.2) is 36.6 Å². The minimum Gasteiger partial charge on any atom is -0.311 e. The summed E-state index contributed by atoms with van der Waals surface area (Å²) in [5.74, 6) is 0.801. The molecule has 1 saturated heterocycles. The van der Waals surface area contributed by atoms with Crippen molar-refractivity contribution < 1.29 is 0 Å². The highest BCUT2D eigenvalue weighted by atomic mass is 15.2. The van der Waals surface area contributed by atoms with Gasteiger partial charge < -0.3 is 5.32 Å². The molecule has 19 heavy (non-hydrogen) atoms. The van der Waals surface area contributed by atoms with E-state index in [1.165, 1.54) is 45.3 Å². The first-order valence-electron chi connectivity index (χ1n) is 8.34. The van der Waals surface area contributed by atoms with E-state index in [4.69, 9.17) is 0 Å². The van der Waals surface area contributed by atoms with Crippen molar-refractivity contribution in [2.75, 3.05) is 19.6 Å². The molecule has 0 saturated carbocycles. The molecule has 0 aromatic heterocycles. The summed E-state index contributed by atoms with van der Waals surface area (Å²) >= 11 is 0. The average molecular weight is 268 g/mol. The zero-order valence-corrected chi connectivity index (χ0v) is 14.1. The maximum absolute atomic E-state index is 3.77. The summed E-state index contributed by atoms with van der Waals surface area (Å²) in [5.41, 5.74) is 0.450. The first kappa shape index (κ1) is 17.0. The molecule has 1 aliphatic heterocycles. The third kappa shape index (κ3) is 5.83. The van der Waals surface area contributed by atoms with E-state index < -0.39 is 0 Å². The Morgan fingerprint density at radius 3 is 2.47 bits per heavy atom. The second-order valence-corrected chi connectivity index (χ2v) is 7.65. The molecule has 0 bridgehead atoms. The molecule has 0 aromatic carbocycles. The van der Waals surface area contributed by atoms with Crippen molar-refractivity contribution in [3.05, 3.63) is 0 Å². The van der Waals surface area contributed by atoms with Crippen molar-refractivity contribution in [3.63, 3.8) is 0 Å². The molecule has 114 valence electrons. The molecule has 0 amide bonds. The molecule has 3 unspecified atom stereocenters. The maximum Gasteiger partial charge on any atom is 0.0246 e. The fourth-order valence-corrected chi connectivity index (χ4v) is 3.01. The molecule has 3 atom stereocenters. The molecular weight excluding hydrogens is 232 g/mol. The summed E-state index contributed by atoms with van der Waals surface area (Å²) in [7, 11) is 0. The van der Waals surface area contributed by atoms with E-state index in [0.29, 0.717) is 11.5 Å². The second kappa shape index (κ2) is 7.64. The smallest absolute Gasteiger partial charge is 0.0246 e. The van der Waals surface area contributed by atoms with Gasteiger partial charge in [0.25, 0.3) is 0 Å². The summed E-state index contributed by atoms with van der Waals surface area (Å²) in [4.78, 5) is 2.77. The largest absolute Gasteiger partial charge is 0.311 e. The van der Waals surface area contributed by atoms with Crippen molar-refractivity contribution in [2.24, 2.45) is 11.3 Å². The Labute approximate surface area is 121 Å². The topological polar surface area (TPSA) is 15.3 Å². The lowest BCUT2D eigenvalue weighted by Gasteiger charge is -2.44. The molecule has 0 radical (unpaired) electrons. The van der Waals surface area contributed by atoms with E-state index in [0.717, 1.165) is 12.0 Å². The van der Waals surface area contributed by atoms with Crippen molar-refractivity contribution >= 4 is 0 Å². The monoisotopic (exact) mass is 268 g/mol. The van der Waals surface area contributed by atoms with Gasteiger partial charge in [0.1, 0.15) is 0 Å². The van der Waals surface area contributed by atoms with Crippen molar-refractivity contribution in [1.82, 2.24) is 10.2 Å². The van der Waals surface area contributed by atoms with Gasteiger partial charge in [-0.25, -0.2) is 0 Å². The highest BCUT2D eigenvalue weighted by molar-refractivity contribution is 4.88. The standard InChI is InChI=1S/C17H36N2/c1-7-9-15-13-19(11-10-17(4,5)6)16(12-18-15)14(3)8-2/h14-16,18H,7-13H2,1-6H3. The van der Waals surface area contributed by atoms with Crippen LogP contribution < -0.4 is 5.32 Å². The first-order chi connectivity index (χ1) is 8.87. The van der Waals surface area contributed by atoms with E-state index in [-0.39, 0.29) is 0 Å². The normalized spacial score (nSPS) is 27.5. The predicted molar refractivity (Wildman–Crippen MR) is 85.6 cm³/mol. The SMILES string of the molecule is CCCC1CN(CCC(C)(C)C)C(C(C)CC)CN1. The quantitative estimate of drug-likeness (QED) is 0.785. The molecule has 1 rings (SSSR count). The van der Waals surface area contributed by atoms with Gasteiger partial charge in [0, 0.05) is 25.2 Å². The van der Waals surface area contributed by atoms with Gasteiger partial charge in [0.2, 0.25) is 0 Å². The van der Waals surface area contributed by atoms with Crippen molar-refractivity contribution in [3.8, 4) is 0 Å². The lowest BCUT2D eigenvalue weighted by molar-refractivity contribution is 0.0778. The summed E-state index contributed by atoms with van der Waals surface area (Å²) < 4.78 is 0. The highest BCUT2D eigenvalue weighted by Gasteiger charge is 2.30. The third-order valence-corrected chi connectivity index (χ3v) is 4.63. The number of nitrogens with zero attached hydrogens (tertiary/aromatic N) is 1. The summed E-state index contributed by atoms with van der Waals surface area (Å²) in [5, 5.41) is 3.77. The molecule has 1 aliphatic rings. The predicted octanol–water partition coefficient (Wildman–Crippen LogP) is 3.91. The van der Waals surface area contributed by atoms with E-state index >= 15 is 0 Å². The van der Waals surface area contributed by atoms with Crippen LogP contribution in [0.5, 0.6) is 0 Å². The molecule has 0 spiro atoms. The Morgan fingerprint density at radius 1 is 1.26 bits per heavy atom. The van der Waals surface area contributed by atoms with Gasteiger partial charge in [0.15, 0.2) is 0 Å². The second-order valence-electron chi connectivity index (χ2n) is 7.65. The third-order valence-electron chi connectivity index (χ3n) is 4.63. The van der Waals surface area contributed by atoms with Crippen LogP contribution in [0.15, 0.2) is 0 Å². The highest BCUT2D eigenvalue weighted by Crippen LogP contribution is 2.24. The number of hydrogen-bond donors (Lipinski definition) is 1. The van der Waals surface area contributed by atoms with Gasteiger partial charge in [-0.1, -0.05) is 54.4 Å². The summed E-state index contributed by atoms with van der Waals surface area (Å²) in [6, 6.07) is 1.45. The number of nitrogens with one attached hydrogen (secondary N) is 1. The van der Waals surface area contributed by atoms with E-state index in [2.05, 4.69) is 51.8 Å². The summed E-state index contributed by atoms with van der Waals surface area (Å²) in [6.07, 6.45) is 5.20. The van der Waals surface area contributed by atoms with Crippen LogP contribution in [0, 0.1) is 11.3 Å². The van der Waals surface area contributed by atoms with Crippen LogP contribution in [0.2, 0.25) is 0 Å². The minimum absolute atomic E-state index is 0.450. The van der Waals surface area contributed by atoms with E-state index in [9.17, 15) is 0 Å². The zero-order chi connectivity index (χ0) is 14.5. The van der Waals surface area contributed by atoms with E-state index in [1.807, 2.05) is 0 Å². The summed E-state index contributed by atoms with van der Waals surface area (Å²) in [6.45, 7) is 17.8. The number of piperazine rings is 1. The van der Waals surface area contributed by atoms with Gasteiger partial charge in [-0.2, -0.15) is 0 Å². The molecule has 0 aliphatic carbocycles. The molecular formula is C17H36N2. The molecule has 1 heterocycles. The Morgan fingerprint density at radius 2 is 1.95 bits per heavy atom. The van der Waals surface area contributed by atoms with E-state index in [1.54, 1.807) is 0 Å². The molecule has 2 heteroatoms. The van der Waals surface area contributed by atoms with Crippen molar-refractivity contribution in [2.45, 2.75) is 79.3 Å². The molecule has 1 N–H and O–H groups in total. The van der Waals surface area contributed by atoms with Gasteiger partial charge in [0.05, 0.1) is 0 Å². The van der Waals surface area contributed by atoms with Gasteiger partial charge in [-0.15, -0.1) is 0 Å². The van der Waals surface area contributed by atoms with Crippen LogP contribution >= 0.6 is 0 Å². The molecule has 2 nitrogen and oxygen atoms in total. The Bertz CT molecular complexity index is 244. The molecule has 1 fully saturated rings. The average Bonchev–Trinajstić information content (AvgIpc) is 2.35. The number of rotatable bonds is 6. The van der Waals surface area contributed by atoms with Crippen LogP contribution in [0.25, 0.3) is 0 Å². The maximum atomic E-state index is 3.77. The zero-order valence-electron chi connectivity index (χ0n) is 14.1. The van der Waals surface area contributed by atoms with Gasteiger partial charge in [-0.05, 0) is 30.7 Å². The van der Waals surface area contributed by atoms with Crippen LogP contribution in [0.4, 0.5) is 0 Å². The Hall–Kier alpha value is -0.0800. The lowest BCUT2D eigenvalue weighted by Crippen LogP contribution is -2.58.